The number of hydrogen-bond acceptors (Lipinski definition) is 3. The number of benzene rings is 1. The third-order valence-electron chi connectivity index (χ3n) is 4.04. The molecule has 1 N–H and O–H groups in total. The lowest BCUT2D eigenvalue weighted by Gasteiger charge is -2.34. The summed E-state index contributed by atoms with van der Waals surface area (Å²) in [5.41, 5.74) is 2.07. The van der Waals surface area contributed by atoms with Crippen LogP contribution in [0.4, 0.5) is 4.39 Å². The summed E-state index contributed by atoms with van der Waals surface area (Å²) in [6, 6.07) is 6.47. The first kappa shape index (κ1) is 19.6. The van der Waals surface area contributed by atoms with Gasteiger partial charge in [0.05, 0.1) is 19.3 Å². The van der Waals surface area contributed by atoms with Crippen LogP contribution in [0.25, 0.3) is 0 Å². The maximum absolute atomic E-state index is 13.0. The van der Waals surface area contributed by atoms with Crippen molar-refractivity contribution in [2.24, 2.45) is 12.0 Å². The number of ether oxygens (including phenoxy) is 1. The zero-order valence-electron chi connectivity index (χ0n) is 14.4. The number of nitrogens with one attached hydrogen (secondary N) is 1. The Morgan fingerprint density at radius 3 is 2.80 bits per heavy atom. The Bertz CT molecular complexity index is 703. The first-order valence-electron chi connectivity index (χ1n) is 7.96. The number of morpholine rings is 1. The van der Waals surface area contributed by atoms with E-state index in [4.69, 9.17) is 4.74 Å². The van der Waals surface area contributed by atoms with Crippen LogP contribution < -0.4 is 5.32 Å². The van der Waals surface area contributed by atoms with E-state index in [1.807, 2.05) is 19.4 Å². The normalized spacial score (nSPS) is 18.0. The second-order valence-corrected chi connectivity index (χ2v) is 5.78. The molecule has 136 valence electrons. The summed E-state index contributed by atoms with van der Waals surface area (Å²) in [5.74, 6) is 0.590. The van der Waals surface area contributed by atoms with Gasteiger partial charge < -0.3 is 15.0 Å². The van der Waals surface area contributed by atoms with Gasteiger partial charge in [-0.05, 0) is 17.7 Å². The van der Waals surface area contributed by atoms with E-state index in [1.54, 1.807) is 23.9 Å². The fourth-order valence-electron chi connectivity index (χ4n) is 2.77. The maximum Gasteiger partial charge on any atom is 0.194 e. The zero-order valence-corrected chi connectivity index (χ0v) is 16.7. The van der Waals surface area contributed by atoms with Crippen LogP contribution in [0.2, 0.25) is 0 Å². The highest BCUT2D eigenvalue weighted by atomic mass is 127. The van der Waals surface area contributed by atoms with Gasteiger partial charge in [-0.3, -0.25) is 9.67 Å². The summed E-state index contributed by atoms with van der Waals surface area (Å²) in [4.78, 5) is 6.53. The summed E-state index contributed by atoms with van der Waals surface area (Å²) in [6.45, 7) is 2.73. The molecule has 0 amide bonds. The summed E-state index contributed by atoms with van der Waals surface area (Å²) in [5, 5.41) is 7.54. The Balaban J connectivity index is 0.00000225. The van der Waals surface area contributed by atoms with E-state index in [-0.39, 0.29) is 35.9 Å². The van der Waals surface area contributed by atoms with Gasteiger partial charge in [0.2, 0.25) is 0 Å². The number of rotatable bonds is 3. The molecule has 0 saturated carbocycles. The Morgan fingerprint density at radius 1 is 1.40 bits per heavy atom. The van der Waals surface area contributed by atoms with Crippen molar-refractivity contribution < 1.29 is 9.13 Å². The topological polar surface area (TPSA) is 54.7 Å². The van der Waals surface area contributed by atoms with Crippen molar-refractivity contribution in [1.29, 1.82) is 0 Å². The van der Waals surface area contributed by atoms with Crippen LogP contribution in [0.5, 0.6) is 0 Å². The number of guanidine groups is 1. The van der Waals surface area contributed by atoms with E-state index in [0.717, 1.165) is 30.2 Å². The molecule has 0 bridgehead atoms. The van der Waals surface area contributed by atoms with E-state index >= 15 is 0 Å². The Kier molecular flexibility index (Phi) is 7.18. The summed E-state index contributed by atoms with van der Waals surface area (Å²) in [7, 11) is 3.66. The Hall–Kier alpha value is -1.68. The molecule has 2 heterocycles. The van der Waals surface area contributed by atoms with Crippen LogP contribution in [0.3, 0.4) is 0 Å². The van der Waals surface area contributed by atoms with Crippen LogP contribution in [0.1, 0.15) is 17.2 Å². The molecule has 25 heavy (non-hydrogen) atoms. The van der Waals surface area contributed by atoms with Gasteiger partial charge in [-0.25, -0.2) is 4.39 Å². The first-order valence-corrected chi connectivity index (χ1v) is 7.96. The van der Waals surface area contributed by atoms with Crippen LogP contribution in [0, 0.1) is 5.82 Å². The molecular formula is C17H23FIN5O. The molecule has 1 aromatic heterocycles. The molecule has 6 nitrogen and oxygen atoms in total. The van der Waals surface area contributed by atoms with E-state index in [1.165, 1.54) is 12.1 Å². The van der Waals surface area contributed by atoms with E-state index in [0.29, 0.717) is 13.2 Å². The Labute approximate surface area is 164 Å². The SMILES string of the molecule is CN=C(NCc1ccc(F)cc1)N1CCOC(c2cnn(C)c2)C1.I. The Morgan fingerprint density at radius 2 is 2.16 bits per heavy atom. The van der Waals surface area contributed by atoms with Crippen molar-refractivity contribution in [2.45, 2.75) is 12.6 Å². The molecular weight excluding hydrogens is 436 g/mol. The lowest BCUT2D eigenvalue weighted by atomic mass is 10.1. The number of aromatic nitrogens is 2. The third-order valence-corrected chi connectivity index (χ3v) is 4.04. The molecule has 1 unspecified atom stereocenters. The van der Waals surface area contributed by atoms with Crippen LogP contribution in [-0.4, -0.2) is 47.4 Å². The number of nitrogens with zero attached hydrogens (tertiary/aromatic N) is 4. The van der Waals surface area contributed by atoms with Gasteiger partial charge in [0.15, 0.2) is 5.96 Å². The minimum atomic E-state index is -0.226. The molecule has 1 saturated heterocycles. The predicted octanol–water partition coefficient (Wildman–Crippen LogP) is 2.33. The van der Waals surface area contributed by atoms with E-state index in [2.05, 4.69) is 20.3 Å². The highest BCUT2D eigenvalue weighted by Gasteiger charge is 2.25. The molecule has 1 aliphatic heterocycles. The molecule has 1 aromatic carbocycles. The van der Waals surface area contributed by atoms with Gasteiger partial charge in [0.25, 0.3) is 0 Å². The molecule has 1 fully saturated rings. The minimum absolute atomic E-state index is 0. The van der Waals surface area contributed by atoms with Gasteiger partial charge >= 0.3 is 0 Å². The van der Waals surface area contributed by atoms with Crippen molar-refractivity contribution in [1.82, 2.24) is 20.0 Å². The minimum Gasteiger partial charge on any atom is -0.370 e. The molecule has 1 atom stereocenters. The monoisotopic (exact) mass is 459 g/mol. The van der Waals surface area contributed by atoms with E-state index < -0.39 is 0 Å². The smallest absolute Gasteiger partial charge is 0.194 e. The molecule has 8 heteroatoms. The van der Waals surface area contributed by atoms with Gasteiger partial charge in [-0.2, -0.15) is 5.10 Å². The standard InChI is InChI=1S/C17H22FN5O.HI/c1-19-17(20-9-13-3-5-15(18)6-4-13)23-7-8-24-16(12-23)14-10-21-22(2)11-14;/h3-6,10-11,16H,7-9,12H2,1-2H3,(H,19,20);1H. The summed E-state index contributed by atoms with van der Waals surface area (Å²) in [6.07, 6.45) is 3.79. The van der Waals surface area contributed by atoms with Crippen molar-refractivity contribution in [3.8, 4) is 0 Å². The van der Waals surface area contributed by atoms with Crippen LogP contribution in [0.15, 0.2) is 41.7 Å². The molecule has 0 aliphatic carbocycles. The molecule has 2 aromatic rings. The highest BCUT2D eigenvalue weighted by Crippen LogP contribution is 2.21. The highest BCUT2D eigenvalue weighted by molar-refractivity contribution is 14.0. The number of aryl methyl sites for hydroxylation is 1. The maximum atomic E-state index is 13.0. The van der Waals surface area contributed by atoms with E-state index in [9.17, 15) is 4.39 Å². The number of hydrogen-bond donors (Lipinski definition) is 1. The van der Waals surface area contributed by atoms with Gasteiger partial charge in [-0.1, -0.05) is 12.1 Å². The fraction of sp³-hybridized carbons (Fsp3) is 0.412. The quantitative estimate of drug-likeness (QED) is 0.435. The van der Waals surface area contributed by atoms with Crippen molar-refractivity contribution in [3.05, 3.63) is 53.6 Å². The fourth-order valence-corrected chi connectivity index (χ4v) is 2.77. The third kappa shape index (κ3) is 5.15. The number of aliphatic imine (C=N–C) groups is 1. The van der Waals surface area contributed by atoms with Gasteiger partial charge in [-0.15, -0.1) is 24.0 Å². The largest absolute Gasteiger partial charge is 0.370 e. The molecule has 0 radical (unpaired) electrons. The molecule has 3 rings (SSSR count). The summed E-state index contributed by atoms with van der Waals surface area (Å²) >= 11 is 0. The number of halogens is 2. The van der Waals surface area contributed by atoms with Gasteiger partial charge in [0, 0.05) is 38.9 Å². The second kappa shape index (κ2) is 9.14. The lowest BCUT2D eigenvalue weighted by Crippen LogP contribution is -2.47. The first-order chi connectivity index (χ1) is 11.7. The van der Waals surface area contributed by atoms with Crippen LogP contribution >= 0.6 is 24.0 Å². The molecule has 1 aliphatic rings. The van der Waals surface area contributed by atoms with Crippen molar-refractivity contribution >= 4 is 29.9 Å². The lowest BCUT2D eigenvalue weighted by molar-refractivity contribution is -0.00805. The van der Waals surface area contributed by atoms with Crippen molar-refractivity contribution in [3.63, 3.8) is 0 Å². The average Bonchev–Trinajstić information content (AvgIpc) is 3.04. The predicted molar refractivity (Wildman–Crippen MR) is 105 cm³/mol. The van der Waals surface area contributed by atoms with Crippen LogP contribution in [-0.2, 0) is 18.3 Å². The zero-order chi connectivity index (χ0) is 16.9. The summed E-state index contributed by atoms with van der Waals surface area (Å²) < 4.78 is 20.6. The van der Waals surface area contributed by atoms with Crippen molar-refractivity contribution in [2.75, 3.05) is 26.7 Å². The molecule has 0 spiro atoms. The second-order valence-electron chi connectivity index (χ2n) is 5.78. The average molecular weight is 459 g/mol. The van der Waals surface area contributed by atoms with Gasteiger partial charge in [0.1, 0.15) is 11.9 Å².